The van der Waals surface area contributed by atoms with E-state index < -0.39 is 6.10 Å². The van der Waals surface area contributed by atoms with Crippen LogP contribution in [-0.2, 0) is 0 Å². The van der Waals surface area contributed by atoms with Gasteiger partial charge in [-0.15, -0.1) is 0 Å². The van der Waals surface area contributed by atoms with Crippen LogP contribution in [-0.4, -0.2) is 49.0 Å². The van der Waals surface area contributed by atoms with Crippen LogP contribution in [0.4, 0.5) is 5.69 Å². The molecule has 1 aliphatic carbocycles. The molecule has 9 nitrogen and oxygen atoms in total. The lowest BCUT2D eigenvalue weighted by molar-refractivity contribution is 0.0807. The lowest BCUT2D eigenvalue weighted by atomic mass is 9.74. The fourth-order valence-corrected chi connectivity index (χ4v) is 4.85. The predicted octanol–water partition coefficient (Wildman–Crippen LogP) is 3.78. The van der Waals surface area contributed by atoms with Crippen molar-refractivity contribution in [1.29, 1.82) is 0 Å². The highest BCUT2D eigenvalue weighted by molar-refractivity contribution is 6.30. The van der Waals surface area contributed by atoms with Crippen molar-refractivity contribution in [2.24, 2.45) is 0 Å². The number of benzene rings is 1. The number of nitrogens with one attached hydrogen (secondary N) is 2. The number of ether oxygens (including phenoxy) is 1. The topological polar surface area (TPSA) is 117 Å². The van der Waals surface area contributed by atoms with Gasteiger partial charge in [0.25, 0.3) is 5.91 Å². The fourth-order valence-electron chi connectivity index (χ4n) is 4.67. The Hall–Kier alpha value is -3.43. The molecule has 1 aliphatic rings. The average molecular weight is 467 g/mol. The van der Waals surface area contributed by atoms with Crippen LogP contribution in [0.2, 0.25) is 5.02 Å². The predicted molar refractivity (Wildman–Crippen MR) is 123 cm³/mol. The van der Waals surface area contributed by atoms with Crippen molar-refractivity contribution < 1.29 is 14.6 Å². The van der Waals surface area contributed by atoms with Crippen molar-refractivity contribution in [3.05, 3.63) is 70.9 Å². The molecule has 33 heavy (non-hydrogen) atoms. The summed E-state index contributed by atoms with van der Waals surface area (Å²) in [5.74, 6) is -0.0811. The molecule has 0 bridgehead atoms. The molecule has 3 N–H and O–H groups in total. The second kappa shape index (κ2) is 8.84. The van der Waals surface area contributed by atoms with E-state index in [2.05, 4.69) is 25.6 Å². The van der Waals surface area contributed by atoms with Crippen LogP contribution in [0.3, 0.4) is 0 Å². The van der Waals surface area contributed by atoms with Gasteiger partial charge in [0.05, 0.1) is 30.8 Å². The zero-order valence-electron chi connectivity index (χ0n) is 17.9. The number of fused-ring (bicyclic) bond motifs is 1. The van der Waals surface area contributed by atoms with E-state index in [-0.39, 0.29) is 17.7 Å². The number of carbonyl (C=O) groups is 1. The molecule has 0 spiro atoms. The van der Waals surface area contributed by atoms with E-state index in [1.54, 1.807) is 42.3 Å². The molecule has 1 aromatic carbocycles. The van der Waals surface area contributed by atoms with E-state index >= 15 is 0 Å². The van der Waals surface area contributed by atoms with E-state index in [1.165, 1.54) is 6.20 Å². The number of aliphatic hydroxyl groups is 1. The first-order chi connectivity index (χ1) is 16.1. The molecule has 170 valence electrons. The summed E-state index contributed by atoms with van der Waals surface area (Å²) in [6.45, 7) is 0. The van der Waals surface area contributed by atoms with Crippen molar-refractivity contribution >= 4 is 28.8 Å². The number of halogens is 1. The minimum Gasteiger partial charge on any atom is -0.496 e. The number of aromatic nitrogens is 5. The number of aromatic amines is 1. The molecule has 0 aliphatic heterocycles. The van der Waals surface area contributed by atoms with Crippen molar-refractivity contribution in [1.82, 2.24) is 24.8 Å². The molecule has 5 rings (SSSR count). The summed E-state index contributed by atoms with van der Waals surface area (Å²) in [4.78, 5) is 17.2. The van der Waals surface area contributed by atoms with Crippen LogP contribution in [0.25, 0.3) is 5.65 Å². The third kappa shape index (κ3) is 3.94. The minimum atomic E-state index is -0.719. The third-order valence-corrected chi connectivity index (χ3v) is 6.47. The maximum absolute atomic E-state index is 13.0. The third-order valence-electron chi connectivity index (χ3n) is 6.24. The number of carbonyl (C=O) groups excluding carboxylic acids is 1. The molecule has 0 radical (unpaired) electrons. The Morgan fingerprint density at radius 3 is 3.03 bits per heavy atom. The monoisotopic (exact) mass is 466 g/mol. The van der Waals surface area contributed by atoms with Gasteiger partial charge >= 0.3 is 0 Å². The second-order valence-electron chi connectivity index (χ2n) is 8.11. The number of aliphatic hydroxyl groups excluding tert-OH is 1. The van der Waals surface area contributed by atoms with Crippen LogP contribution in [0.15, 0.2) is 49.1 Å². The fraction of sp³-hybridized carbons (Fsp3) is 0.304. The molecular weight excluding hydrogens is 444 g/mol. The van der Waals surface area contributed by atoms with Gasteiger partial charge in [0.15, 0.2) is 5.65 Å². The molecule has 1 amide bonds. The summed E-state index contributed by atoms with van der Waals surface area (Å²) >= 11 is 6.24. The van der Waals surface area contributed by atoms with Gasteiger partial charge in [-0.25, -0.2) is 9.50 Å². The van der Waals surface area contributed by atoms with E-state index in [9.17, 15) is 9.90 Å². The van der Waals surface area contributed by atoms with Gasteiger partial charge in [0, 0.05) is 41.0 Å². The van der Waals surface area contributed by atoms with Gasteiger partial charge in [0.1, 0.15) is 11.3 Å². The minimum absolute atomic E-state index is 0.165. The van der Waals surface area contributed by atoms with Crippen molar-refractivity contribution in [3.63, 3.8) is 0 Å². The molecule has 1 fully saturated rings. The molecule has 3 heterocycles. The smallest absolute Gasteiger partial charge is 0.261 e. The zero-order chi connectivity index (χ0) is 22.9. The largest absolute Gasteiger partial charge is 0.496 e. The first-order valence-electron chi connectivity index (χ1n) is 10.7. The van der Waals surface area contributed by atoms with Gasteiger partial charge in [-0.3, -0.25) is 9.89 Å². The number of amides is 1. The van der Waals surface area contributed by atoms with Gasteiger partial charge in [-0.05, 0) is 37.1 Å². The summed E-state index contributed by atoms with van der Waals surface area (Å²) in [6.07, 6.45) is 8.16. The Morgan fingerprint density at radius 2 is 2.18 bits per heavy atom. The highest BCUT2D eigenvalue weighted by atomic mass is 35.5. The summed E-state index contributed by atoms with van der Waals surface area (Å²) in [6, 6.07) is 7.18. The van der Waals surface area contributed by atoms with E-state index in [0.717, 1.165) is 24.8 Å². The number of hydrogen-bond acceptors (Lipinski definition) is 6. The van der Waals surface area contributed by atoms with Crippen LogP contribution < -0.4 is 10.1 Å². The summed E-state index contributed by atoms with van der Waals surface area (Å²) in [5, 5.41) is 26.2. The Morgan fingerprint density at radius 1 is 1.33 bits per heavy atom. The first-order valence-corrected chi connectivity index (χ1v) is 11.1. The Balaban J connectivity index is 1.41. The second-order valence-corrected chi connectivity index (χ2v) is 8.54. The molecule has 10 heteroatoms. The lowest BCUT2D eigenvalue weighted by Crippen LogP contribution is -2.31. The Labute approximate surface area is 194 Å². The van der Waals surface area contributed by atoms with Crippen molar-refractivity contribution in [2.45, 2.75) is 37.2 Å². The molecule has 1 saturated carbocycles. The van der Waals surface area contributed by atoms with E-state index in [4.69, 9.17) is 16.3 Å². The first kappa shape index (κ1) is 21.4. The van der Waals surface area contributed by atoms with E-state index in [0.29, 0.717) is 33.4 Å². The van der Waals surface area contributed by atoms with Crippen molar-refractivity contribution in [3.8, 4) is 5.75 Å². The van der Waals surface area contributed by atoms with Crippen LogP contribution >= 0.6 is 11.6 Å². The Bertz CT molecular complexity index is 1300. The maximum atomic E-state index is 13.0. The molecule has 4 aromatic rings. The maximum Gasteiger partial charge on any atom is 0.261 e. The molecule has 3 atom stereocenters. The standard InChI is InChI=1S/C23H23ClN6O3/c1-33-19-7-6-13(24)10-16(19)14-4-2-5-15(21(14)31)20-18(12-26-29-20)28-23(32)17-11-27-30-9-3-8-25-22(17)30/h3,6-12,14-15,21,31H,2,4-5H2,1H3,(H,26,29)(H,28,32)/t14?,15-,21-/m0/s1. The quantitative estimate of drug-likeness (QED) is 0.412. The average Bonchev–Trinajstić information content (AvgIpc) is 3.46. The van der Waals surface area contributed by atoms with Gasteiger partial charge < -0.3 is 15.2 Å². The number of H-pyrrole nitrogens is 1. The molecule has 0 saturated heterocycles. The summed E-state index contributed by atoms with van der Waals surface area (Å²) in [5.41, 5.74) is 2.84. The lowest BCUT2D eigenvalue weighted by Gasteiger charge is -2.35. The van der Waals surface area contributed by atoms with Gasteiger partial charge in [0.2, 0.25) is 0 Å². The van der Waals surface area contributed by atoms with E-state index in [1.807, 2.05) is 12.1 Å². The highest BCUT2D eigenvalue weighted by Crippen LogP contribution is 2.45. The summed E-state index contributed by atoms with van der Waals surface area (Å²) in [7, 11) is 1.61. The number of nitrogens with zero attached hydrogens (tertiary/aromatic N) is 4. The number of methoxy groups -OCH3 is 1. The molecule has 1 unspecified atom stereocenters. The molecular formula is C23H23ClN6O3. The normalized spacial score (nSPS) is 20.6. The van der Waals surface area contributed by atoms with Gasteiger partial charge in [-0.2, -0.15) is 10.2 Å². The zero-order valence-corrected chi connectivity index (χ0v) is 18.7. The Kier molecular flexibility index (Phi) is 5.74. The summed E-state index contributed by atoms with van der Waals surface area (Å²) < 4.78 is 7.06. The SMILES string of the molecule is COc1ccc(Cl)cc1C1CCC[C@@H](c2n[nH]cc2NC(=O)c2cnn3cccnc23)[C@H]1O. The van der Waals surface area contributed by atoms with Gasteiger partial charge in [-0.1, -0.05) is 18.0 Å². The highest BCUT2D eigenvalue weighted by Gasteiger charge is 2.37. The van der Waals surface area contributed by atoms with Crippen molar-refractivity contribution in [2.75, 3.05) is 12.4 Å². The number of anilines is 1. The number of rotatable bonds is 5. The van der Waals surface area contributed by atoms with Crippen LogP contribution in [0.5, 0.6) is 5.75 Å². The molecule has 3 aromatic heterocycles. The van der Waals surface area contributed by atoms with Crippen LogP contribution in [0.1, 0.15) is 52.7 Å². The van der Waals surface area contributed by atoms with Crippen LogP contribution in [0, 0.1) is 0 Å². The number of hydrogen-bond donors (Lipinski definition) is 3.